The fourth-order valence-corrected chi connectivity index (χ4v) is 1.63. The summed E-state index contributed by atoms with van der Waals surface area (Å²) in [7, 11) is 0. The lowest BCUT2D eigenvalue weighted by molar-refractivity contribution is -0.116. The first-order valence-corrected chi connectivity index (χ1v) is 6.14. The SMILES string of the molecule is O=C(CCCCO)Nc1ccc(-n2ccnc2)nc1. The van der Waals surface area contributed by atoms with Crippen molar-refractivity contribution in [3.05, 3.63) is 37.1 Å². The Bertz CT molecular complexity index is 508. The van der Waals surface area contributed by atoms with Gasteiger partial charge >= 0.3 is 0 Å². The molecule has 1 amide bonds. The lowest BCUT2D eigenvalue weighted by atomic mass is 10.2. The zero-order valence-corrected chi connectivity index (χ0v) is 10.5. The predicted molar refractivity (Wildman–Crippen MR) is 70.9 cm³/mol. The number of anilines is 1. The molecule has 0 aliphatic rings. The van der Waals surface area contributed by atoms with Gasteiger partial charge in [0.25, 0.3) is 0 Å². The smallest absolute Gasteiger partial charge is 0.224 e. The normalized spacial score (nSPS) is 10.4. The fraction of sp³-hybridized carbons (Fsp3) is 0.308. The molecule has 19 heavy (non-hydrogen) atoms. The van der Waals surface area contributed by atoms with E-state index in [-0.39, 0.29) is 12.5 Å². The van der Waals surface area contributed by atoms with Gasteiger partial charge < -0.3 is 10.4 Å². The third kappa shape index (κ3) is 3.89. The van der Waals surface area contributed by atoms with Crippen LogP contribution in [0.2, 0.25) is 0 Å². The summed E-state index contributed by atoms with van der Waals surface area (Å²) in [4.78, 5) is 19.7. The minimum atomic E-state index is -0.0642. The Morgan fingerprint density at radius 3 is 2.89 bits per heavy atom. The topological polar surface area (TPSA) is 80.0 Å². The summed E-state index contributed by atoms with van der Waals surface area (Å²) in [6.07, 6.45) is 8.49. The van der Waals surface area contributed by atoms with Crippen molar-refractivity contribution in [3.63, 3.8) is 0 Å². The number of aromatic nitrogens is 3. The van der Waals surface area contributed by atoms with Crippen LogP contribution in [0, 0.1) is 0 Å². The highest BCUT2D eigenvalue weighted by molar-refractivity contribution is 5.90. The summed E-state index contributed by atoms with van der Waals surface area (Å²) in [6, 6.07) is 3.61. The van der Waals surface area contributed by atoms with Crippen LogP contribution in [0.4, 0.5) is 5.69 Å². The number of amides is 1. The van der Waals surface area contributed by atoms with E-state index in [2.05, 4.69) is 15.3 Å². The van der Waals surface area contributed by atoms with Gasteiger partial charge in [-0.25, -0.2) is 9.97 Å². The molecule has 0 radical (unpaired) electrons. The maximum Gasteiger partial charge on any atom is 0.224 e. The molecule has 0 unspecified atom stereocenters. The van der Waals surface area contributed by atoms with Gasteiger partial charge in [0, 0.05) is 25.4 Å². The highest BCUT2D eigenvalue weighted by Crippen LogP contribution is 2.10. The highest BCUT2D eigenvalue weighted by Gasteiger charge is 2.03. The van der Waals surface area contributed by atoms with E-state index in [4.69, 9.17) is 5.11 Å². The molecule has 2 heterocycles. The fourth-order valence-electron chi connectivity index (χ4n) is 1.63. The van der Waals surface area contributed by atoms with Crippen LogP contribution in [0.3, 0.4) is 0 Å². The number of imidazole rings is 1. The average molecular weight is 260 g/mol. The molecule has 0 aliphatic carbocycles. The van der Waals surface area contributed by atoms with Crippen molar-refractivity contribution in [1.82, 2.24) is 14.5 Å². The molecule has 0 aliphatic heterocycles. The molecule has 0 fully saturated rings. The number of nitrogens with one attached hydrogen (secondary N) is 1. The molecule has 2 N–H and O–H groups in total. The summed E-state index contributed by atoms with van der Waals surface area (Å²) in [5, 5.41) is 11.4. The summed E-state index contributed by atoms with van der Waals surface area (Å²) in [5.41, 5.74) is 0.665. The molecule has 100 valence electrons. The van der Waals surface area contributed by atoms with Crippen LogP contribution in [-0.4, -0.2) is 32.2 Å². The van der Waals surface area contributed by atoms with Gasteiger partial charge in [-0.05, 0) is 25.0 Å². The number of hydrogen-bond acceptors (Lipinski definition) is 4. The minimum absolute atomic E-state index is 0.0642. The van der Waals surface area contributed by atoms with Crippen molar-refractivity contribution in [1.29, 1.82) is 0 Å². The second-order valence-corrected chi connectivity index (χ2v) is 4.10. The third-order valence-electron chi connectivity index (χ3n) is 2.61. The van der Waals surface area contributed by atoms with Crippen molar-refractivity contribution in [2.24, 2.45) is 0 Å². The summed E-state index contributed by atoms with van der Waals surface area (Å²) >= 11 is 0. The van der Waals surface area contributed by atoms with Gasteiger partial charge in [-0.3, -0.25) is 9.36 Å². The number of carbonyl (C=O) groups is 1. The third-order valence-corrected chi connectivity index (χ3v) is 2.61. The van der Waals surface area contributed by atoms with Gasteiger partial charge in [0.05, 0.1) is 11.9 Å². The Kier molecular flexibility index (Phi) is 4.63. The second kappa shape index (κ2) is 6.65. The first-order chi connectivity index (χ1) is 9.29. The van der Waals surface area contributed by atoms with Crippen molar-refractivity contribution in [3.8, 4) is 5.82 Å². The molecule has 0 bridgehead atoms. The Morgan fingerprint density at radius 2 is 2.26 bits per heavy atom. The second-order valence-electron chi connectivity index (χ2n) is 4.10. The molecule has 2 rings (SSSR count). The monoisotopic (exact) mass is 260 g/mol. The number of pyridine rings is 1. The highest BCUT2D eigenvalue weighted by atomic mass is 16.3. The van der Waals surface area contributed by atoms with Gasteiger partial charge in [0.15, 0.2) is 0 Å². The molecule has 0 aromatic carbocycles. The number of unbranched alkanes of at least 4 members (excludes halogenated alkanes) is 1. The maximum atomic E-state index is 11.6. The van der Waals surface area contributed by atoms with Gasteiger partial charge in [-0.2, -0.15) is 0 Å². The molecule has 2 aromatic rings. The van der Waals surface area contributed by atoms with Crippen molar-refractivity contribution in [2.45, 2.75) is 19.3 Å². The maximum absolute atomic E-state index is 11.6. The van der Waals surface area contributed by atoms with Crippen molar-refractivity contribution < 1.29 is 9.90 Å². The molecule has 0 saturated carbocycles. The zero-order valence-electron chi connectivity index (χ0n) is 10.5. The Hall–Kier alpha value is -2.21. The van der Waals surface area contributed by atoms with Crippen LogP contribution in [-0.2, 0) is 4.79 Å². The van der Waals surface area contributed by atoms with E-state index in [0.29, 0.717) is 24.9 Å². The zero-order chi connectivity index (χ0) is 13.5. The molecular formula is C13H16N4O2. The lowest BCUT2D eigenvalue weighted by Crippen LogP contribution is -2.11. The molecule has 6 heteroatoms. The van der Waals surface area contributed by atoms with E-state index in [1.807, 2.05) is 6.07 Å². The van der Waals surface area contributed by atoms with E-state index < -0.39 is 0 Å². The molecular weight excluding hydrogens is 244 g/mol. The molecule has 2 aromatic heterocycles. The average Bonchev–Trinajstić information content (AvgIpc) is 2.94. The summed E-state index contributed by atoms with van der Waals surface area (Å²) < 4.78 is 1.78. The lowest BCUT2D eigenvalue weighted by Gasteiger charge is -2.06. The van der Waals surface area contributed by atoms with Gasteiger partial charge in [-0.1, -0.05) is 0 Å². The van der Waals surface area contributed by atoms with E-state index in [0.717, 1.165) is 5.82 Å². The number of carbonyl (C=O) groups excluding carboxylic acids is 1. The van der Waals surface area contributed by atoms with E-state index >= 15 is 0 Å². The Labute approximate surface area is 111 Å². The number of rotatable bonds is 6. The van der Waals surface area contributed by atoms with Gasteiger partial charge in [0.1, 0.15) is 12.1 Å². The summed E-state index contributed by atoms with van der Waals surface area (Å²) in [5.74, 6) is 0.682. The molecule has 0 spiro atoms. The van der Waals surface area contributed by atoms with Gasteiger partial charge in [0.2, 0.25) is 5.91 Å². The number of nitrogens with zero attached hydrogens (tertiary/aromatic N) is 3. The summed E-state index contributed by atoms with van der Waals surface area (Å²) in [6.45, 7) is 0.119. The number of hydrogen-bond donors (Lipinski definition) is 2. The standard InChI is InChI=1S/C13H16N4O2/c18-8-2-1-3-13(19)16-11-4-5-12(15-9-11)17-7-6-14-10-17/h4-7,9-10,18H,1-3,8H2,(H,16,19). The number of aliphatic hydroxyl groups excluding tert-OH is 1. The Morgan fingerprint density at radius 1 is 1.37 bits per heavy atom. The number of aliphatic hydroxyl groups is 1. The van der Waals surface area contributed by atoms with E-state index in [9.17, 15) is 4.79 Å². The van der Waals surface area contributed by atoms with Crippen LogP contribution in [0.15, 0.2) is 37.1 Å². The molecule has 0 saturated heterocycles. The van der Waals surface area contributed by atoms with Crippen molar-refractivity contribution >= 4 is 11.6 Å². The van der Waals surface area contributed by atoms with Crippen LogP contribution in [0.5, 0.6) is 0 Å². The molecule has 0 atom stereocenters. The van der Waals surface area contributed by atoms with Gasteiger partial charge in [-0.15, -0.1) is 0 Å². The van der Waals surface area contributed by atoms with Crippen LogP contribution >= 0.6 is 0 Å². The Balaban J connectivity index is 1.90. The quantitative estimate of drug-likeness (QED) is 0.769. The van der Waals surface area contributed by atoms with E-state index in [1.54, 1.807) is 35.6 Å². The van der Waals surface area contributed by atoms with Crippen molar-refractivity contribution in [2.75, 3.05) is 11.9 Å². The minimum Gasteiger partial charge on any atom is -0.396 e. The largest absolute Gasteiger partial charge is 0.396 e. The van der Waals surface area contributed by atoms with E-state index in [1.165, 1.54) is 0 Å². The first-order valence-electron chi connectivity index (χ1n) is 6.14. The van der Waals surface area contributed by atoms with Crippen LogP contribution < -0.4 is 5.32 Å². The first kappa shape index (κ1) is 13.2. The predicted octanol–water partition coefficient (Wildman–Crippen LogP) is 1.37. The molecule has 6 nitrogen and oxygen atoms in total. The van der Waals surface area contributed by atoms with Crippen LogP contribution in [0.1, 0.15) is 19.3 Å². The van der Waals surface area contributed by atoms with Crippen LogP contribution in [0.25, 0.3) is 5.82 Å².